The first kappa shape index (κ1) is 29.3. The zero-order valence-corrected chi connectivity index (χ0v) is 21.2. The van der Waals surface area contributed by atoms with Crippen LogP contribution in [0.3, 0.4) is 0 Å². The van der Waals surface area contributed by atoms with Crippen molar-refractivity contribution in [2.75, 3.05) is 19.8 Å². The Morgan fingerprint density at radius 2 is 1.09 bits per heavy atom. The van der Waals surface area contributed by atoms with Gasteiger partial charge in [0, 0.05) is 11.1 Å². The maximum Gasteiger partial charge on any atom is 0.334 e. The van der Waals surface area contributed by atoms with E-state index in [2.05, 4.69) is 0 Å². The van der Waals surface area contributed by atoms with Gasteiger partial charge < -0.3 is 14.2 Å². The van der Waals surface area contributed by atoms with Crippen molar-refractivity contribution in [2.45, 2.75) is 68.4 Å². The van der Waals surface area contributed by atoms with E-state index in [9.17, 15) is 9.59 Å². The fourth-order valence-corrected chi connectivity index (χ4v) is 2.07. The summed E-state index contributed by atoms with van der Waals surface area (Å²) < 4.78 is 16.6. The largest absolute Gasteiger partial charge is 0.458 e. The summed E-state index contributed by atoms with van der Waals surface area (Å²) in [5.41, 5.74) is 5.31. The number of allylic oxidation sites excluding steroid dienone is 9. The molecular weight excluding hydrogens is 404 g/mol. The standard InChI is InChI=1S/C27H40O5/c1-19(2)10-13-22(7)16-30-17-25(32-27(29)24(9)15-12-21(5)6)18-31-26(28)23(8)14-11-20(3)4/h10-15,25H,16-18H2,1-9H3/b22-13+,23-14+,24-15-. The third kappa shape index (κ3) is 15.2. The van der Waals surface area contributed by atoms with E-state index >= 15 is 0 Å². The summed E-state index contributed by atoms with van der Waals surface area (Å²) >= 11 is 0. The number of esters is 2. The minimum Gasteiger partial charge on any atom is -0.458 e. The Bertz CT molecular complexity index is 807. The van der Waals surface area contributed by atoms with E-state index in [1.807, 2.05) is 72.8 Å². The molecular formula is C27H40O5. The van der Waals surface area contributed by atoms with E-state index in [1.165, 1.54) is 5.57 Å². The molecule has 178 valence electrons. The lowest BCUT2D eigenvalue weighted by Gasteiger charge is -2.18. The smallest absolute Gasteiger partial charge is 0.334 e. The minimum atomic E-state index is -0.714. The molecule has 1 atom stereocenters. The van der Waals surface area contributed by atoms with E-state index in [0.29, 0.717) is 17.8 Å². The van der Waals surface area contributed by atoms with Crippen LogP contribution in [0.4, 0.5) is 0 Å². The van der Waals surface area contributed by atoms with Gasteiger partial charge in [0.1, 0.15) is 6.61 Å². The van der Waals surface area contributed by atoms with Crippen molar-refractivity contribution in [3.05, 3.63) is 69.9 Å². The second-order valence-corrected chi connectivity index (χ2v) is 8.59. The highest BCUT2D eigenvalue weighted by Crippen LogP contribution is 2.08. The van der Waals surface area contributed by atoms with Crippen LogP contribution in [0.5, 0.6) is 0 Å². The van der Waals surface area contributed by atoms with Gasteiger partial charge in [0.05, 0.1) is 13.2 Å². The maximum absolute atomic E-state index is 12.4. The van der Waals surface area contributed by atoms with Crippen LogP contribution < -0.4 is 0 Å². The van der Waals surface area contributed by atoms with Crippen LogP contribution in [0.15, 0.2) is 69.9 Å². The molecule has 0 saturated carbocycles. The van der Waals surface area contributed by atoms with Crippen LogP contribution in [0, 0.1) is 0 Å². The molecule has 0 aromatic rings. The number of hydrogen-bond acceptors (Lipinski definition) is 5. The predicted molar refractivity (Wildman–Crippen MR) is 131 cm³/mol. The molecule has 5 nitrogen and oxygen atoms in total. The Balaban J connectivity index is 5.17. The summed E-state index contributed by atoms with van der Waals surface area (Å²) in [6.45, 7) is 17.6. The van der Waals surface area contributed by atoms with E-state index in [-0.39, 0.29) is 13.2 Å². The van der Waals surface area contributed by atoms with Gasteiger partial charge in [-0.2, -0.15) is 0 Å². The van der Waals surface area contributed by atoms with Gasteiger partial charge in [0.15, 0.2) is 6.10 Å². The summed E-state index contributed by atoms with van der Waals surface area (Å²) in [6, 6.07) is 0. The molecule has 0 spiro atoms. The summed E-state index contributed by atoms with van der Waals surface area (Å²) in [5.74, 6) is -0.930. The Hall–Kier alpha value is -2.66. The van der Waals surface area contributed by atoms with Crippen molar-refractivity contribution in [3.63, 3.8) is 0 Å². The van der Waals surface area contributed by atoms with Gasteiger partial charge >= 0.3 is 11.9 Å². The van der Waals surface area contributed by atoms with Gasteiger partial charge in [0.2, 0.25) is 0 Å². The maximum atomic E-state index is 12.4. The monoisotopic (exact) mass is 444 g/mol. The molecule has 0 aliphatic heterocycles. The quantitative estimate of drug-likeness (QED) is 0.204. The lowest BCUT2D eigenvalue weighted by Crippen LogP contribution is -2.30. The molecule has 5 heteroatoms. The zero-order chi connectivity index (χ0) is 24.7. The van der Waals surface area contributed by atoms with Gasteiger partial charge in [-0.3, -0.25) is 0 Å². The van der Waals surface area contributed by atoms with E-state index < -0.39 is 18.0 Å². The van der Waals surface area contributed by atoms with Crippen LogP contribution in [-0.2, 0) is 23.8 Å². The normalized spacial score (nSPS) is 13.1. The number of carbonyl (C=O) groups excluding carboxylic acids is 2. The zero-order valence-electron chi connectivity index (χ0n) is 21.2. The molecule has 0 aliphatic rings. The molecule has 0 bridgehead atoms. The van der Waals surface area contributed by atoms with Crippen LogP contribution in [0.1, 0.15) is 62.3 Å². The molecule has 0 saturated heterocycles. The topological polar surface area (TPSA) is 61.8 Å². The van der Waals surface area contributed by atoms with Gasteiger partial charge in [-0.1, -0.05) is 53.2 Å². The number of rotatable bonds is 12. The van der Waals surface area contributed by atoms with Gasteiger partial charge in [-0.15, -0.1) is 0 Å². The number of hydrogen-bond donors (Lipinski definition) is 0. The molecule has 0 aromatic carbocycles. The molecule has 0 N–H and O–H groups in total. The lowest BCUT2D eigenvalue weighted by atomic mass is 10.2. The Morgan fingerprint density at radius 1 is 0.625 bits per heavy atom. The highest BCUT2D eigenvalue weighted by atomic mass is 16.6. The first-order valence-corrected chi connectivity index (χ1v) is 10.8. The van der Waals surface area contributed by atoms with Crippen molar-refractivity contribution in [2.24, 2.45) is 0 Å². The second kappa shape index (κ2) is 16.0. The molecule has 0 fully saturated rings. The number of ether oxygens (including phenoxy) is 3. The van der Waals surface area contributed by atoms with Crippen molar-refractivity contribution in [1.82, 2.24) is 0 Å². The van der Waals surface area contributed by atoms with E-state index in [4.69, 9.17) is 14.2 Å². The van der Waals surface area contributed by atoms with Crippen LogP contribution >= 0.6 is 0 Å². The fraction of sp³-hybridized carbons (Fsp3) is 0.481. The Kier molecular flexibility index (Phi) is 14.7. The summed E-state index contributed by atoms with van der Waals surface area (Å²) in [5, 5.41) is 0. The minimum absolute atomic E-state index is 0.0861. The molecule has 0 aromatic heterocycles. The van der Waals surface area contributed by atoms with Crippen molar-refractivity contribution in [1.29, 1.82) is 0 Å². The van der Waals surface area contributed by atoms with Crippen LogP contribution in [0.2, 0.25) is 0 Å². The Morgan fingerprint density at radius 3 is 1.59 bits per heavy atom. The van der Waals surface area contributed by atoms with Gasteiger partial charge in [-0.25, -0.2) is 9.59 Å². The number of carbonyl (C=O) groups is 2. The average molecular weight is 445 g/mol. The van der Waals surface area contributed by atoms with Crippen molar-refractivity contribution in [3.8, 4) is 0 Å². The molecule has 0 aliphatic carbocycles. The van der Waals surface area contributed by atoms with Crippen LogP contribution in [0.25, 0.3) is 0 Å². The predicted octanol–water partition coefficient (Wildman–Crippen LogP) is 6.20. The molecule has 0 radical (unpaired) electrons. The molecule has 1 unspecified atom stereocenters. The molecule has 0 heterocycles. The third-order valence-electron chi connectivity index (χ3n) is 3.99. The second-order valence-electron chi connectivity index (χ2n) is 8.59. The van der Waals surface area contributed by atoms with Crippen molar-refractivity contribution < 1.29 is 23.8 Å². The molecule has 32 heavy (non-hydrogen) atoms. The SMILES string of the molecule is CC(C)=C/C=C(/C)C(=O)OC(COC/C(C)=C/C=C(C)C)COC(=O)/C(C)=C/C=C(C)C. The first-order valence-electron chi connectivity index (χ1n) is 10.8. The Labute approximate surface area is 194 Å². The van der Waals surface area contributed by atoms with Crippen molar-refractivity contribution >= 4 is 11.9 Å². The first-order chi connectivity index (χ1) is 14.9. The van der Waals surface area contributed by atoms with Gasteiger partial charge in [-0.05, 0) is 67.9 Å². The summed E-state index contributed by atoms with van der Waals surface area (Å²) in [7, 11) is 0. The summed E-state index contributed by atoms with van der Waals surface area (Å²) in [6.07, 6.45) is 10.4. The lowest BCUT2D eigenvalue weighted by molar-refractivity contribution is -0.157. The van der Waals surface area contributed by atoms with E-state index in [1.54, 1.807) is 26.0 Å². The third-order valence-corrected chi connectivity index (χ3v) is 3.99. The summed E-state index contributed by atoms with van der Waals surface area (Å²) in [4.78, 5) is 24.7. The average Bonchev–Trinajstić information content (AvgIpc) is 2.71. The van der Waals surface area contributed by atoms with E-state index in [0.717, 1.165) is 16.7 Å². The molecule has 0 amide bonds. The molecule has 0 rings (SSSR count). The highest BCUT2D eigenvalue weighted by molar-refractivity contribution is 5.89. The fourth-order valence-electron chi connectivity index (χ4n) is 2.07. The van der Waals surface area contributed by atoms with Gasteiger partial charge in [0.25, 0.3) is 0 Å². The highest BCUT2D eigenvalue weighted by Gasteiger charge is 2.19. The van der Waals surface area contributed by atoms with Crippen LogP contribution in [-0.4, -0.2) is 37.9 Å².